The number of benzene rings is 1. The molecule has 0 amide bonds. The molecule has 17 heavy (non-hydrogen) atoms. The molecular formula is C15H20N2. The van der Waals surface area contributed by atoms with E-state index >= 15 is 0 Å². The van der Waals surface area contributed by atoms with Gasteiger partial charge in [0.05, 0.1) is 5.52 Å². The Labute approximate surface area is 103 Å². The molecule has 1 unspecified atom stereocenters. The highest BCUT2D eigenvalue weighted by Gasteiger charge is 2.07. The molecule has 0 fully saturated rings. The lowest BCUT2D eigenvalue weighted by Gasteiger charge is -2.17. The van der Waals surface area contributed by atoms with Gasteiger partial charge in [0, 0.05) is 23.8 Å². The Balaban J connectivity index is 2.19. The van der Waals surface area contributed by atoms with Crippen molar-refractivity contribution in [2.75, 3.05) is 11.9 Å². The van der Waals surface area contributed by atoms with E-state index < -0.39 is 0 Å². The number of hydrogen-bond donors (Lipinski definition) is 1. The summed E-state index contributed by atoms with van der Waals surface area (Å²) in [5.41, 5.74) is 2.23. The summed E-state index contributed by atoms with van der Waals surface area (Å²) >= 11 is 0. The second-order valence-electron chi connectivity index (χ2n) is 4.98. The first-order valence-corrected chi connectivity index (χ1v) is 6.26. The van der Waals surface area contributed by atoms with Gasteiger partial charge in [-0.1, -0.05) is 39.0 Å². The van der Waals surface area contributed by atoms with Gasteiger partial charge in [0.2, 0.25) is 0 Å². The van der Waals surface area contributed by atoms with Crippen molar-refractivity contribution in [1.82, 2.24) is 4.98 Å². The molecule has 1 aromatic carbocycles. The highest BCUT2D eigenvalue weighted by atomic mass is 14.9. The predicted molar refractivity (Wildman–Crippen MR) is 74.2 cm³/mol. The molecule has 2 heteroatoms. The molecule has 0 aliphatic heterocycles. The molecule has 0 radical (unpaired) electrons. The van der Waals surface area contributed by atoms with Crippen LogP contribution >= 0.6 is 0 Å². The summed E-state index contributed by atoms with van der Waals surface area (Å²) in [5, 5.41) is 4.73. The lowest BCUT2D eigenvalue weighted by Crippen LogP contribution is -2.16. The van der Waals surface area contributed by atoms with E-state index in [1.165, 1.54) is 11.1 Å². The van der Waals surface area contributed by atoms with Crippen LogP contribution in [0.1, 0.15) is 20.8 Å². The summed E-state index contributed by atoms with van der Waals surface area (Å²) in [6, 6.07) is 10.3. The van der Waals surface area contributed by atoms with Crippen molar-refractivity contribution in [2.45, 2.75) is 20.8 Å². The zero-order chi connectivity index (χ0) is 12.3. The van der Waals surface area contributed by atoms with Gasteiger partial charge in [-0.15, -0.1) is 0 Å². The monoisotopic (exact) mass is 228 g/mol. The average molecular weight is 228 g/mol. The minimum Gasteiger partial charge on any atom is -0.384 e. The molecule has 1 aromatic heterocycles. The van der Waals surface area contributed by atoms with Crippen molar-refractivity contribution in [3.05, 3.63) is 36.5 Å². The van der Waals surface area contributed by atoms with E-state index in [0.717, 1.165) is 12.1 Å². The molecule has 0 saturated heterocycles. The molecular weight excluding hydrogens is 208 g/mol. The summed E-state index contributed by atoms with van der Waals surface area (Å²) in [7, 11) is 0. The maximum Gasteiger partial charge on any atom is 0.0722 e. The zero-order valence-corrected chi connectivity index (χ0v) is 10.8. The second-order valence-corrected chi connectivity index (χ2v) is 4.98. The molecule has 0 saturated carbocycles. The van der Waals surface area contributed by atoms with E-state index in [1.807, 2.05) is 18.3 Å². The van der Waals surface area contributed by atoms with Crippen LogP contribution in [0.25, 0.3) is 10.9 Å². The molecule has 1 heterocycles. The minimum absolute atomic E-state index is 0.668. The van der Waals surface area contributed by atoms with Gasteiger partial charge < -0.3 is 5.32 Å². The number of para-hydroxylation sites is 1. The molecule has 1 atom stereocenters. The number of aromatic nitrogens is 1. The molecule has 2 rings (SSSR count). The van der Waals surface area contributed by atoms with Gasteiger partial charge in [-0.2, -0.15) is 0 Å². The molecule has 90 valence electrons. The highest BCUT2D eigenvalue weighted by molar-refractivity contribution is 5.90. The lowest BCUT2D eigenvalue weighted by atomic mass is 9.98. The first-order valence-electron chi connectivity index (χ1n) is 6.26. The molecule has 2 nitrogen and oxygen atoms in total. The number of nitrogens with one attached hydrogen (secondary N) is 1. The van der Waals surface area contributed by atoms with E-state index in [2.05, 4.69) is 49.3 Å². The van der Waals surface area contributed by atoms with Crippen LogP contribution in [0.2, 0.25) is 0 Å². The maximum atomic E-state index is 4.36. The molecule has 0 spiro atoms. The minimum atomic E-state index is 0.668. The molecule has 0 aliphatic rings. The van der Waals surface area contributed by atoms with Crippen LogP contribution in [0.3, 0.4) is 0 Å². The largest absolute Gasteiger partial charge is 0.384 e. The molecule has 0 bridgehead atoms. The maximum absolute atomic E-state index is 4.36. The summed E-state index contributed by atoms with van der Waals surface area (Å²) in [5.74, 6) is 1.37. The van der Waals surface area contributed by atoms with Crippen molar-refractivity contribution in [3.8, 4) is 0 Å². The Hall–Kier alpha value is -1.57. The van der Waals surface area contributed by atoms with Gasteiger partial charge in [-0.3, -0.25) is 4.98 Å². The Morgan fingerprint density at radius 3 is 2.65 bits per heavy atom. The number of nitrogens with zero attached hydrogens (tertiary/aromatic N) is 1. The number of anilines is 1. The van der Waals surface area contributed by atoms with Gasteiger partial charge in [-0.05, 0) is 24.0 Å². The van der Waals surface area contributed by atoms with Crippen molar-refractivity contribution >= 4 is 16.6 Å². The van der Waals surface area contributed by atoms with Crippen LogP contribution in [0.15, 0.2) is 36.5 Å². The van der Waals surface area contributed by atoms with E-state index in [-0.39, 0.29) is 0 Å². The second kappa shape index (κ2) is 5.17. The van der Waals surface area contributed by atoms with E-state index in [4.69, 9.17) is 0 Å². The van der Waals surface area contributed by atoms with Gasteiger partial charge in [0.25, 0.3) is 0 Å². The summed E-state index contributed by atoms with van der Waals surface area (Å²) in [4.78, 5) is 4.36. The quantitative estimate of drug-likeness (QED) is 0.857. The van der Waals surface area contributed by atoms with E-state index in [1.54, 1.807) is 0 Å². The van der Waals surface area contributed by atoms with E-state index in [0.29, 0.717) is 11.8 Å². The van der Waals surface area contributed by atoms with Crippen LogP contribution in [-0.4, -0.2) is 11.5 Å². The van der Waals surface area contributed by atoms with Crippen LogP contribution in [-0.2, 0) is 0 Å². The third-order valence-electron chi connectivity index (χ3n) is 3.40. The molecule has 1 N–H and O–H groups in total. The van der Waals surface area contributed by atoms with Crippen LogP contribution in [0, 0.1) is 11.8 Å². The van der Waals surface area contributed by atoms with Gasteiger partial charge in [0.15, 0.2) is 0 Å². The number of rotatable bonds is 4. The third kappa shape index (κ3) is 2.76. The third-order valence-corrected chi connectivity index (χ3v) is 3.40. The number of hydrogen-bond acceptors (Lipinski definition) is 2. The van der Waals surface area contributed by atoms with Crippen LogP contribution in [0.4, 0.5) is 5.69 Å². The summed E-state index contributed by atoms with van der Waals surface area (Å²) in [6.07, 6.45) is 1.87. The van der Waals surface area contributed by atoms with Gasteiger partial charge in [-0.25, -0.2) is 0 Å². The fraction of sp³-hybridized carbons (Fsp3) is 0.400. The SMILES string of the molecule is CC(C)C(C)CNc1ccnc2ccccc12. The predicted octanol–water partition coefficient (Wildman–Crippen LogP) is 3.94. The first kappa shape index (κ1) is 11.9. The molecule has 2 aromatic rings. The highest BCUT2D eigenvalue weighted by Crippen LogP contribution is 2.21. The van der Waals surface area contributed by atoms with Crippen molar-refractivity contribution in [2.24, 2.45) is 11.8 Å². The summed E-state index contributed by atoms with van der Waals surface area (Å²) in [6.45, 7) is 7.81. The van der Waals surface area contributed by atoms with Crippen LogP contribution < -0.4 is 5.32 Å². The zero-order valence-electron chi connectivity index (χ0n) is 10.8. The van der Waals surface area contributed by atoms with Gasteiger partial charge in [0.1, 0.15) is 0 Å². The first-order chi connectivity index (χ1) is 8.18. The summed E-state index contributed by atoms with van der Waals surface area (Å²) < 4.78 is 0. The van der Waals surface area contributed by atoms with E-state index in [9.17, 15) is 0 Å². The van der Waals surface area contributed by atoms with Crippen molar-refractivity contribution in [1.29, 1.82) is 0 Å². The van der Waals surface area contributed by atoms with Gasteiger partial charge >= 0.3 is 0 Å². The number of fused-ring (bicyclic) bond motifs is 1. The Bertz CT molecular complexity index is 486. The van der Waals surface area contributed by atoms with Crippen molar-refractivity contribution < 1.29 is 0 Å². The van der Waals surface area contributed by atoms with Crippen LogP contribution in [0.5, 0.6) is 0 Å². The van der Waals surface area contributed by atoms with Crippen molar-refractivity contribution in [3.63, 3.8) is 0 Å². The lowest BCUT2D eigenvalue weighted by molar-refractivity contribution is 0.440. The fourth-order valence-corrected chi connectivity index (χ4v) is 1.76. The molecule has 0 aliphatic carbocycles. The Morgan fingerprint density at radius 2 is 1.88 bits per heavy atom. The Kier molecular flexibility index (Phi) is 3.62. The number of pyridine rings is 1. The Morgan fingerprint density at radius 1 is 1.12 bits per heavy atom. The average Bonchev–Trinajstić information content (AvgIpc) is 2.35. The fourth-order valence-electron chi connectivity index (χ4n) is 1.76. The standard InChI is InChI=1S/C15H20N2/c1-11(2)12(3)10-17-15-8-9-16-14-7-5-4-6-13(14)15/h4-9,11-12H,10H2,1-3H3,(H,16,17). The topological polar surface area (TPSA) is 24.9 Å². The smallest absolute Gasteiger partial charge is 0.0722 e. The normalized spacial score (nSPS) is 12.9.